The second kappa shape index (κ2) is 7.55. The predicted octanol–water partition coefficient (Wildman–Crippen LogP) is 4.33. The molecule has 5 nitrogen and oxygen atoms in total. The van der Waals surface area contributed by atoms with Crippen LogP contribution in [0.15, 0.2) is 30.3 Å². The molecule has 0 spiro atoms. The first-order valence-corrected chi connectivity index (χ1v) is 7.75. The van der Waals surface area contributed by atoms with Crippen LogP contribution in [-0.2, 0) is 4.79 Å². The predicted molar refractivity (Wildman–Crippen MR) is 93.5 cm³/mol. The fourth-order valence-electron chi connectivity index (χ4n) is 2.13. The van der Waals surface area contributed by atoms with Crippen molar-refractivity contribution in [3.63, 3.8) is 0 Å². The van der Waals surface area contributed by atoms with Crippen LogP contribution >= 0.6 is 23.2 Å². The molecule has 0 saturated heterocycles. The minimum Gasteiger partial charge on any atom is -0.484 e. The lowest BCUT2D eigenvalue weighted by molar-refractivity contribution is -0.118. The fraction of sp³-hybridized carbons (Fsp3) is 0.176. The molecule has 1 amide bonds. The molecule has 126 valence electrons. The Bertz CT molecular complexity index is 782. The van der Waals surface area contributed by atoms with E-state index < -0.39 is 11.9 Å². The van der Waals surface area contributed by atoms with Crippen LogP contribution in [0.25, 0.3) is 0 Å². The van der Waals surface area contributed by atoms with Crippen LogP contribution in [0.5, 0.6) is 5.75 Å². The molecule has 0 heterocycles. The van der Waals surface area contributed by atoms with Crippen LogP contribution in [0.2, 0.25) is 10.0 Å². The topological polar surface area (TPSA) is 75.6 Å². The molecule has 2 aromatic rings. The molecule has 7 heteroatoms. The van der Waals surface area contributed by atoms with Crippen molar-refractivity contribution in [2.75, 3.05) is 11.9 Å². The zero-order valence-corrected chi connectivity index (χ0v) is 14.5. The Morgan fingerprint density at radius 3 is 2.33 bits per heavy atom. The second-order valence-electron chi connectivity index (χ2n) is 5.20. The van der Waals surface area contributed by atoms with Gasteiger partial charge in [0.1, 0.15) is 5.75 Å². The molecular formula is C17H15Cl2NO4. The van der Waals surface area contributed by atoms with Crippen molar-refractivity contribution >= 4 is 40.8 Å². The lowest BCUT2D eigenvalue weighted by Crippen LogP contribution is -2.21. The molecule has 0 bridgehead atoms. The van der Waals surface area contributed by atoms with Crippen molar-refractivity contribution in [1.82, 2.24) is 0 Å². The van der Waals surface area contributed by atoms with Crippen molar-refractivity contribution in [2.45, 2.75) is 13.8 Å². The van der Waals surface area contributed by atoms with Gasteiger partial charge in [0.05, 0.1) is 11.3 Å². The molecular weight excluding hydrogens is 353 g/mol. The van der Waals surface area contributed by atoms with Crippen LogP contribution in [0.3, 0.4) is 0 Å². The molecule has 0 aliphatic heterocycles. The van der Waals surface area contributed by atoms with Gasteiger partial charge in [0.2, 0.25) is 0 Å². The summed E-state index contributed by atoms with van der Waals surface area (Å²) >= 11 is 11.8. The highest BCUT2D eigenvalue weighted by Gasteiger charge is 2.14. The van der Waals surface area contributed by atoms with Gasteiger partial charge in [-0.05, 0) is 55.3 Å². The second-order valence-corrected chi connectivity index (χ2v) is 6.02. The minimum atomic E-state index is -1.18. The Morgan fingerprint density at radius 1 is 1.12 bits per heavy atom. The van der Waals surface area contributed by atoms with Crippen molar-refractivity contribution in [3.05, 3.63) is 57.1 Å². The molecule has 0 unspecified atom stereocenters. The monoisotopic (exact) mass is 367 g/mol. The van der Waals surface area contributed by atoms with E-state index in [0.29, 0.717) is 10.8 Å². The number of carbonyl (C=O) groups is 2. The number of benzene rings is 2. The van der Waals surface area contributed by atoms with E-state index in [2.05, 4.69) is 5.32 Å². The van der Waals surface area contributed by atoms with Crippen LogP contribution in [0.4, 0.5) is 5.69 Å². The van der Waals surface area contributed by atoms with E-state index >= 15 is 0 Å². The summed E-state index contributed by atoms with van der Waals surface area (Å²) in [5.41, 5.74) is 1.76. The molecule has 0 saturated carbocycles. The highest BCUT2D eigenvalue weighted by atomic mass is 35.5. The number of amides is 1. The number of rotatable bonds is 5. The molecule has 0 radical (unpaired) electrons. The Morgan fingerprint density at radius 2 is 1.75 bits per heavy atom. The number of hydrogen-bond donors (Lipinski definition) is 2. The lowest BCUT2D eigenvalue weighted by atomic mass is 10.1. The molecule has 2 aromatic carbocycles. The Kier molecular flexibility index (Phi) is 5.70. The Balaban J connectivity index is 2.06. The molecule has 2 N–H and O–H groups in total. The summed E-state index contributed by atoms with van der Waals surface area (Å²) in [4.78, 5) is 23.2. The van der Waals surface area contributed by atoms with E-state index in [1.165, 1.54) is 18.2 Å². The highest BCUT2D eigenvalue weighted by Crippen LogP contribution is 2.26. The smallest absolute Gasteiger partial charge is 0.337 e. The summed E-state index contributed by atoms with van der Waals surface area (Å²) in [6, 6.07) is 7.66. The van der Waals surface area contributed by atoms with Crippen LogP contribution in [0, 0.1) is 13.8 Å². The summed E-state index contributed by atoms with van der Waals surface area (Å²) in [7, 11) is 0. The van der Waals surface area contributed by atoms with E-state index in [-0.39, 0.29) is 22.9 Å². The van der Waals surface area contributed by atoms with Gasteiger partial charge in [0, 0.05) is 10.0 Å². The first-order chi connectivity index (χ1) is 11.3. The summed E-state index contributed by atoms with van der Waals surface area (Å²) < 4.78 is 5.44. The summed E-state index contributed by atoms with van der Waals surface area (Å²) in [6.07, 6.45) is 0. The average molecular weight is 368 g/mol. The third kappa shape index (κ3) is 4.40. The number of aryl methyl sites for hydroxylation is 2. The van der Waals surface area contributed by atoms with E-state index in [4.69, 9.17) is 33.0 Å². The number of hydrogen-bond acceptors (Lipinski definition) is 3. The van der Waals surface area contributed by atoms with Gasteiger partial charge in [-0.2, -0.15) is 0 Å². The fourth-order valence-corrected chi connectivity index (χ4v) is 2.41. The maximum atomic E-state index is 12.0. The first kappa shape index (κ1) is 18.1. The van der Waals surface area contributed by atoms with Gasteiger partial charge in [0.15, 0.2) is 6.61 Å². The summed E-state index contributed by atoms with van der Waals surface area (Å²) in [5, 5.41) is 12.6. The molecule has 0 fully saturated rings. The SMILES string of the molecule is Cc1cc(OCC(=O)Nc2ccc(Cl)cc2C(=O)O)cc(C)c1Cl. The number of nitrogens with one attached hydrogen (secondary N) is 1. The average Bonchev–Trinajstić information content (AvgIpc) is 2.52. The zero-order valence-electron chi connectivity index (χ0n) is 13.0. The first-order valence-electron chi connectivity index (χ1n) is 7.00. The van der Waals surface area contributed by atoms with Crippen LogP contribution in [-0.4, -0.2) is 23.6 Å². The quantitative estimate of drug-likeness (QED) is 0.824. The summed E-state index contributed by atoms with van der Waals surface area (Å²) in [5.74, 6) is -1.15. The number of ether oxygens (including phenoxy) is 1. The van der Waals surface area contributed by atoms with E-state index in [9.17, 15) is 9.59 Å². The van der Waals surface area contributed by atoms with Gasteiger partial charge in [-0.3, -0.25) is 4.79 Å². The van der Waals surface area contributed by atoms with E-state index in [1.54, 1.807) is 12.1 Å². The van der Waals surface area contributed by atoms with Gasteiger partial charge in [-0.1, -0.05) is 23.2 Å². The number of carboxylic acid groups (broad SMARTS) is 1. The molecule has 0 atom stereocenters. The standard InChI is InChI=1S/C17H15Cl2NO4/c1-9-5-12(6-10(2)16(9)19)24-8-15(21)20-14-4-3-11(18)7-13(14)17(22)23/h3-7H,8H2,1-2H3,(H,20,21)(H,22,23). The molecule has 0 aromatic heterocycles. The van der Waals surface area contributed by atoms with Crippen molar-refractivity contribution in [1.29, 1.82) is 0 Å². The number of halogens is 2. The Hall–Kier alpha value is -2.24. The van der Waals surface area contributed by atoms with E-state index in [0.717, 1.165) is 11.1 Å². The minimum absolute atomic E-state index is 0.0889. The normalized spacial score (nSPS) is 10.3. The van der Waals surface area contributed by atoms with Gasteiger partial charge in [-0.25, -0.2) is 4.79 Å². The number of aromatic carboxylic acids is 1. The summed E-state index contributed by atoms with van der Waals surface area (Å²) in [6.45, 7) is 3.42. The molecule has 0 aliphatic rings. The van der Waals surface area contributed by atoms with Crippen molar-refractivity contribution in [3.8, 4) is 5.75 Å². The third-order valence-electron chi connectivity index (χ3n) is 3.27. The largest absolute Gasteiger partial charge is 0.484 e. The van der Waals surface area contributed by atoms with Gasteiger partial charge >= 0.3 is 5.97 Å². The molecule has 2 rings (SSSR count). The van der Waals surface area contributed by atoms with Crippen molar-refractivity contribution in [2.24, 2.45) is 0 Å². The number of carboxylic acids is 1. The maximum Gasteiger partial charge on any atom is 0.337 e. The molecule has 0 aliphatic carbocycles. The highest BCUT2D eigenvalue weighted by molar-refractivity contribution is 6.32. The Labute approximate surface area is 149 Å². The van der Waals surface area contributed by atoms with Crippen LogP contribution < -0.4 is 10.1 Å². The maximum absolute atomic E-state index is 12.0. The lowest BCUT2D eigenvalue weighted by Gasteiger charge is -2.11. The van der Waals surface area contributed by atoms with E-state index in [1.807, 2.05) is 13.8 Å². The number of anilines is 1. The number of carbonyl (C=O) groups excluding carboxylic acids is 1. The third-order valence-corrected chi connectivity index (χ3v) is 4.10. The molecule has 24 heavy (non-hydrogen) atoms. The zero-order chi connectivity index (χ0) is 17.9. The van der Waals surface area contributed by atoms with Gasteiger partial charge < -0.3 is 15.2 Å². The van der Waals surface area contributed by atoms with Crippen molar-refractivity contribution < 1.29 is 19.4 Å². The van der Waals surface area contributed by atoms with Gasteiger partial charge in [0.25, 0.3) is 5.91 Å². The van der Waals surface area contributed by atoms with Crippen LogP contribution in [0.1, 0.15) is 21.5 Å². The van der Waals surface area contributed by atoms with Gasteiger partial charge in [-0.15, -0.1) is 0 Å².